The summed E-state index contributed by atoms with van der Waals surface area (Å²) in [6, 6.07) is 15.5. The Morgan fingerprint density at radius 1 is 1.09 bits per heavy atom. The van der Waals surface area contributed by atoms with E-state index in [1.54, 1.807) is 0 Å². The largest absolute Gasteiger partial charge is 0.338 e. The number of thiophene rings is 1. The van der Waals surface area contributed by atoms with Crippen LogP contribution in [-0.4, -0.2) is 31.1 Å². The average Bonchev–Trinajstić information content (AvgIpc) is 3.38. The van der Waals surface area contributed by atoms with E-state index in [0.717, 1.165) is 43.4 Å². The number of benzene rings is 2. The topological polar surface area (TPSA) is 104 Å². The molecule has 34 heavy (non-hydrogen) atoms. The zero-order chi connectivity index (χ0) is 23.8. The highest BCUT2D eigenvalue weighted by Gasteiger charge is 2.16. The Bertz CT molecular complexity index is 1530. The lowest BCUT2D eigenvalue weighted by Gasteiger charge is -2.12. The van der Waals surface area contributed by atoms with Gasteiger partial charge in [0.05, 0.1) is 27.4 Å². The first-order chi connectivity index (χ1) is 16.4. The van der Waals surface area contributed by atoms with E-state index >= 15 is 0 Å². The molecular formula is C25H23N5O2S2. The molecule has 0 spiro atoms. The van der Waals surface area contributed by atoms with Crippen molar-refractivity contribution in [2.24, 2.45) is 0 Å². The minimum atomic E-state index is -0.317. The summed E-state index contributed by atoms with van der Waals surface area (Å²) in [5.74, 6) is 1.71. The summed E-state index contributed by atoms with van der Waals surface area (Å²) >= 11 is 2.96. The second-order valence-electron chi connectivity index (χ2n) is 8.10. The van der Waals surface area contributed by atoms with Crippen LogP contribution in [0.4, 0.5) is 5.69 Å². The van der Waals surface area contributed by atoms with Gasteiger partial charge in [0.2, 0.25) is 5.91 Å². The van der Waals surface area contributed by atoms with Gasteiger partial charge in [-0.15, -0.1) is 23.1 Å². The third kappa shape index (κ3) is 4.36. The molecule has 172 valence electrons. The van der Waals surface area contributed by atoms with Crippen molar-refractivity contribution in [1.82, 2.24) is 19.9 Å². The Morgan fingerprint density at radius 3 is 2.62 bits per heavy atom. The number of para-hydroxylation sites is 2. The molecule has 0 saturated heterocycles. The number of rotatable bonds is 6. The van der Waals surface area contributed by atoms with Crippen molar-refractivity contribution in [3.8, 4) is 11.4 Å². The van der Waals surface area contributed by atoms with Crippen LogP contribution < -0.4 is 10.9 Å². The number of aryl methyl sites for hydroxylation is 2. The summed E-state index contributed by atoms with van der Waals surface area (Å²) in [5.41, 5.74) is 4.42. The standard InChI is InChI=1S/C25H23N5O2S2/c1-13-14(2)34-25-21(13)24(32)29-20(30-25)12-33-15(3)23(31)26-17-10-8-16(9-11-17)22-27-18-6-4-5-7-19(18)28-22/h4-11,15H,12H2,1-3H3,(H,26,31)(H,27,28)(H,29,30,32). The summed E-state index contributed by atoms with van der Waals surface area (Å²) in [6.45, 7) is 5.78. The number of hydrogen-bond donors (Lipinski definition) is 3. The van der Waals surface area contributed by atoms with E-state index in [9.17, 15) is 9.59 Å². The molecule has 1 amide bonds. The summed E-state index contributed by atoms with van der Waals surface area (Å²) in [5, 5.41) is 3.30. The van der Waals surface area contributed by atoms with Gasteiger partial charge >= 0.3 is 0 Å². The molecule has 0 saturated carbocycles. The van der Waals surface area contributed by atoms with Crippen molar-refractivity contribution in [2.75, 3.05) is 5.32 Å². The molecule has 5 aromatic rings. The van der Waals surface area contributed by atoms with Gasteiger partial charge in [0.15, 0.2) is 0 Å². The predicted molar refractivity (Wildman–Crippen MR) is 141 cm³/mol. The van der Waals surface area contributed by atoms with Crippen molar-refractivity contribution >= 4 is 55.9 Å². The summed E-state index contributed by atoms with van der Waals surface area (Å²) in [6.07, 6.45) is 0. The van der Waals surface area contributed by atoms with Crippen LogP contribution >= 0.6 is 23.1 Å². The minimum absolute atomic E-state index is 0.104. The van der Waals surface area contributed by atoms with E-state index in [-0.39, 0.29) is 16.7 Å². The third-order valence-electron chi connectivity index (χ3n) is 5.74. The molecule has 0 aliphatic heterocycles. The van der Waals surface area contributed by atoms with E-state index in [2.05, 4.69) is 25.3 Å². The Balaban J connectivity index is 1.22. The molecule has 3 heterocycles. The third-order valence-corrected chi connectivity index (χ3v) is 8.00. The van der Waals surface area contributed by atoms with Crippen LogP contribution in [0, 0.1) is 13.8 Å². The number of hydrogen-bond acceptors (Lipinski definition) is 6. The maximum Gasteiger partial charge on any atom is 0.259 e. The number of imidazole rings is 1. The first-order valence-electron chi connectivity index (χ1n) is 10.9. The lowest BCUT2D eigenvalue weighted by molar-refractivity contribution is -0.115. The molecule has 0 bridgehead atoms. The van der Waals surface area contributed by atoms with Gasteiger partial charge in [-0.2, -0.15) is 0 Å². The fourth-order valence-corrected chi connectivity index (χ4v) is 5.50. The Kier molecular flexibility index (Phi) is 5.97. The van der Waals surface area contributed by atoms with E-state index < -0.39 is 0 Å². The molecule has 0 radical (unpaired) electrons. The Hall–Kier alpha value is -3.43. The fraction of sp³-hybridized carbons (Fsp3) is 0.200. The van der Waals surface area contributed by atoms with Crippen molar-refractivity contribution in [2.45, 2.75) is 31.8 Å². The molecule has 2 aromatic carbocycles. The number of carbonyl (C=O) groups is 1. The van der Waals surface area contributed by atoms with Crippen LogP contribution in [0.25, 0.3) is 32.6 Å². The number of fused-ring (bicyclic) bond motifs is 2. The second-order valence-corrected chi connectivity index (χ2v) is 10.6. The van der Waals surface area contributed by atoms with Gasteiger partial charge in [-0.25, -0.2) is 9.97 Å². The van der Waals surface area contributed by atoms with Crippen LogP contribution in [-0.2, 0) is 10.5 Å². The zero-order valence-corrected chi connectivity index (χ0v) is 20.6. The first kappa shape index (κ1) is 22.4. The number of amides is 1. The maximum atomic E-state index is 12.7. The van der Waals surface area contributed by atoms with Gasteiger partial charge in [-0.1, -0.05) is 12.1 Å². The summed E-state index contributed by atoms with van der Waals surface area (Å²) in [4.78, 5) is 42.3. The number of aromatic nitrogens is 4. The number of thioether (sulfide) groups is 1. The minimum Gasteiger partial charge on any atom is -0.338 e. The van der Waals surface area contributed by atoms with Gasteiger partial charge in [0, 0.05) is 16.1 Å². The molecule has 1 unspecified atom stereocenters. The van der Waals surface area contributed by atoms with Crippen molar-refractivity contribution in [3.05, 3.63) is 75.1 Å². The zero-order valence-electron chi connectivity index (χ0n) is 18.9. The van der Waals surface area contributed by atoms with E-state index in [0.29, 0.717) is 17.0 Å². The Labute approximate surface area is 204 Å². The summed E-state index contributed by atoms with van der Waals surface area (Å²) < 4.78 is 0. The van der Waals surface area contributed by atoms with Gasteiger partial charge in [-0.3, -0.25) is 9.59 Å². The van der Waals surface area contributed by atoms with Gasteiger partial charge in [0.25, 0.3) is 5.56 Å². The van der Waals surface area contributed by atoms with Crippen LogP contribution in [0.15, 0.2) is 53.3 Å². The molecule has 9 heteroatoms. The molecule has 3 N–H and O–H groups in total. The number of nitrogens with zero attached hydrogens (tertiary/aromatic N) is 2. The summed E-state index contributed by atoms with van der Waals surface area (Å²) in [7, 11) is 0. The van der Waals surface area contributed by atoms with Gasteiger partial charge in [0.1, 0.15) is 16.5 Å². The quantitative estimate of drug-likeness (QED) is 0.296. The number of H-pyrrole nitrogens is 2. The predicted octanol–water partition coefficient (Wildman–Crippen LogP) is 5.41. The molecule has 0 aliphatic rings. The molecular weight excluding hydrogens is 466 g/mol. The second kappa shape index (κ2) is 9.08. The smallest absolute Gasteiger partial charge is 0.259 e. The lowest BCUT2D eigenvalue weighted by atomic mass is 10.2. The highest BCUT2D eigenvalue weighted by molar-refractivity contribution is 7.99. The average molecular weight is 490 g/mol. The van der Waals surface area contributed by atoms with Gasteiger partial charge < -0.3 is 15.3 Å². The monoisotopic (exact) mass is 489 g/mol. The molecule has 0 fully saturated rings. The lowest BCUT2D eigenvalue weighted by Crippen LogP contribution is -2.23. The fourth-order valence-electron chi connectivity index (χ4n) is 3.69. The number of nitrogens with one attached hydrogen (secondary N) is 3. The van der Waals surface area contributed by atoms with E-state index in [4.69, 9.17) is 0 Å². The molecule has 1 atom stereocenters. The van der Waals surface area contributed by atoms with Crippen molar-refractivity contribution in [1.29, 1.82) is 0 Å². The van der Waals surface area contributed by atoms with Gasteiger partial charge in [-0.05, 0) is 62.7 Å². The highest BCUT2D eigenvalue weighted by Crippen LogP contribution is 2.27. The number of anilines is 1. The number of carbonyl (C=O) groups excluding carboxylic acids is 1. The molecule has 7 nitrogen and oxygen atoms in total. The Morgan fingerprint density at radius 2 is 1.85 bits per heavy atom. The molecule has 5 rings (SSSR count). The maximum absolute atomic E-state index is 12.7. The highest BCUT2D eigenvalue weighted by atomic mass is 32.2. The first-order valence-corrected chi connectivity index (χ1v) is 12.7. The van der Waals surface area contributed by atoms with Crippen molar-refractivity contribution < 1.29 is 4.79 Å². The van der Waals surface area contributed by atoms with Crippen LogP contribution in [0.2, 0.25) is 0 Å². The van der Waals surface area contributed by atoms with Crippen LogP contribution in [0.5, 0.6) is 0 Å². The number of aromatic amines is 2. The van der Waals surface area contributed by atoms with E-state index in [1.165, 1.54) is 23.1 Å². The molecule has 3 aromatic heterocycles. The molecule has 0 aliphatic carbocycles. The van der Waals surface area contributed by atoms with Crippen molar-refractivity contribution in [3.63, 3.8) is 0 Å². The van der Waals surface area contributed by atoms with Crippen LogP contribution in [0.3, 0.4) is 0 Å². The van der Waals surface area contributed by atoms with E-state index in [1.807, 2.05) is 69.3 Å². The normalized spacial score (nSPS) is 12.3. The van der Waals surface area contributed by atoms with Crippen LogP contribution in [0.1, 0.15) is 23.2 Å². The SMILES string of the molecule is Cc1sc2nc(CSC(C)C(=O)Nc3ccc(-c4nc5ccccc5[nH]4)cc3)[nH]c(=O)c2c1C.